The predicted octanol–water partition coefficient (Wildman–Crippen LogP) is 3.12. The van der Waals surface area contributed by atoms with E-state index in [1.54, 1.807) is 0 Å². The van der Waals surface area contributed by atoms with E-state index < -0.39 is 87.6 Å². The van der Waals surface area contributed by atoms with Gasteiger partial charge in [-0.05, 0) is 6.92 Å². The first-order chi connectivity index (χ1) is 13.9. The van der Waals surface area contributed by atoms with Gasteiger partial charge in [0.1, 0.15) is 10.7 Å². The van der Waals surface area contributed by atoms with Gasteiger partial charge in [-0.2, -0.15) is 0 Å². The summed E-state index contributed by atoms with van der Waals surface area (Å²) < 4.78 is 43.9. The third kappa shape index (κ3) is 2.28. The second kappa shape index (κ2) is 6.44. The second-order valence-corrected chi connectivity index (χ2v) is 7.61. The van der Waals surface area contributed by atoms with E-state index in [4.69, 9.17) is 34.8 Å². The van der Waals surface area contributed by atoms with Gasteiger partial charge in [0.15, 0.2) is 17.5 Å². The summed E-state index contributed by atoms with van der Waals surface area (Å²) in [6.45, 7) is 0.930. The first-order valence-corrected chi connectivity index (χ1v) is 9.15. The number of benzene rings is 2. The lowest BCUT2D eigenvalue weighted by molar-refractivity contribution is 0.522. The van der Waals surface area contributed by atoms with Crippen LogP contribution >= 0.6 is 34.8 Å². The van der Waals surface area contributed by atoms with Gasteiger partial charge < -0.3 is 0 Å². The van der Waals surface area contributed by atoms with Crippen LogP contribution in [0.3, 0.4) is 0 Å². The van der Waals surface area contributed by atoms with Crippen molar-refractivity contribution in [3.8, 4) is 5.69 Å². The molecule has 2 aromatic heterocycles. The molecule has 0 saturated carbocycles. The van der Waals surface area contributed by atoms with E-state index in [2.05, 4.69) is 0 Å². The normalized spacial score (nSPS) is 11.9. The molecule has 0 aliphatic heterocycles. The second-order valence-electron chi connectivity index (χ2n) is 6.47. The van der Waals surface area contributed by atoms with Crippen LogP contribution in [0.15, 0.2) is 19.2 Å². The number of hydrogen-bond acceptors (Lipinski definition) is 4. The quantitative estimate of drug-likeness (QED) is 0.312. The van der Waals surface area contributed by atoms with Crippen molar-refractivity contribution >= 4 is 56.3 Å². The highest BCUT2D eigenvalue weighted by molar-refractivity contribution is 6.47. The minimum atomic E-state index is -1.70. The van der Waals surface area contributed by atoms with Crippen LogP contribution < -0.4 is 22.2 Å². The number of halogens is 6. The number of aromatic nitrogens is 2. The molecule has 6 nitrogen and oxygen atoms in total. The lowest BCUT2D eigenvalue weighted by Gasteiger charge is -2.10. The van der Waals surface area contributed by atoms with Crippen LogP contribution in [0, 0.1) is 24.4 Å². The molecule has 2 aromatic carbocycles. The lowest BCUT2D eigenvalue weighted by Crippen LogP contribution is -2.26. The Labute approximate surface area is 177 Å². The van der Waals surface area contributed by atoms with E-state index in [1.807, 2.05) is 0 Å². The zero-order valence-electron chi connectivity index (χ0n) is 14.8. The van der Waals surface area contributed by atoms with Gasteiger partial charge in [0, 0.05) is 12.6 Å². The Morgan fingerprint density at radius 2 is 1.03 bits per heavy atom. The first kappa shape index (κ1) is 20.6. The number of hydrogen-bond donors (Lipinski definition) is 0. The average molecular weight is 478 g/mol. The number of nitrogens with zero attached hydrogens (tertiary/aromatic N) is 2. The molecule has 0 amide bonds. The third-order valence-electron chi connectivity index (χ3n) is 4.93. The fourth-order valence-electron chi connectivity index (χ4n) is 3.37. The smallest absolute Gasteiger partial charge is 0.267 e. The molecule has 4 aromatic rings. The maximum Gasteiger partial charge on any atom is 0.267 e. The van der Waals surface area contributed by atoms with Gasteiger partial charge in [-0.3, -0.25) is 23.7 Å². The summed E-state index contributed by atoms with van der Waals surface area (Å²) in [5, 5.41) is -4.32. The zero-order valence-corrected chi connectivity index (χ0v) is 17.1. The summed E-state index contributed by atoms with van der Waals surface area (Å²) in [5.74, 6) is -4.64. The van der Waals surface area contributed by atoms with Crippen LogP contribution in [-0.4, -0.2) is 9.13 Å². The SMILES string of the molecule is Cc1c(F)c(Cl)c(F)c(-n2c(=O)c3c(Cl)c4c(=O)n(C)c(=O)c4c(Cl)c3c2=O)c1F. The summed E-state index contributed by atoms with van der Waals surface area (Å²) in [6.07, 6.45) is 0. The largest absolute Gasteiger partial charge is 0.277 e. The topological polar surface area (TPSA) is 78.1 Å². The van der Waals surface area contributed by atoms with Crippen LogP contribution in [0.2, 0.25) is 15.1 Å². The van der Waals surface area contributed by atoms with E-state index in [9.17, 15) is 32.3 Å². The molecule has 4 rings (SSSR count). The molecule has 2 heterocycles. The van der Waals surface area contributed by atoms with Gasteiger partial charge in [0.25, 0.3) is 22.2 Å². The molecular formula is C18H6Cl3F3N2O4. The van der Waals surface area contributed by atoms with Gasteiger partial charge in [-0.15, -0.1) is 0 Å². The zero-order chi connectivity index (χ0) is 22.4. The van der Waals surface area contributed by atoms with Crippen molar-refractivity contribution in [1.29, 1.82) is 0 Å². The van der Waals surface area contributed by atoms with Crippen LogP contribution in [-0.2, 0) is 7.05 Å². The third-order valence-corrected chi connectivity index (χ3v) is 6.02. The van der Waals surface area contributed by atoms with Crippen LogP contribution in [0.1, 0.15) is 5.56 Å². The maximum atomic E-state index is 14.7. The van der Waals surface area contributed by atoms with E-state index in [0.717, 1.165) is 14.0 Å². The van der Waals surface area contributed by atoms with Crippen LogP contribution in [0.25, 0.3) is 27.2 Å². The van der Waals surface area contributed by atoms with E-state index >= 15 is 0 Å². The predicted molar refractivity (Wildman–Crippen MR) is 107 cm³/mol. The Morgan fingerprint density at radius 1 is 0.633 bits per heavy atom. The van der Waals surface area contributed by atoms with E-state index in [1.165, 1.54) is 0 Å². The Bertz CT molecular complexity index is 1550. The van der Waals surface area contributed by atoms with Gasteiger partial charge in [0.05, 0.1) is 31.6 Å². The van der Waals surface area contributed by atoms with Gasteiger partial charge in [-0.1, -0.05) is 34.8 Å². The summed E-state index contributed by atoms with van der Waals surface area (Å²) >= 11 is 17.8. The highest BCUT2D eigenvalue weighted by Crippen LogP contribution is 2.35. The van der Waals surface area contributed by atoms with Crippen molar-refractivity contribution in [2.45, 2.75) is 6.92 Å². The van der Waals surface area contributed by atoms with E-state index in [0.29, 0.717) is 4.57 Å². The van der Waals surface area contributed by atoms with Crippen molar-refractivity contribution in [3.63, 3.8) is 0 Å². The fourth-order valence-corrected chi connectivity index (χ4v) is 4.30. The molecule has 154 valence electrons. The Balaban J connectivity index is 2.35. The van der Waals surface area contributed by atoms with Crippen LogP contribution in [0.5, 0.6) is 0 Å². The average Bonchev–Trinajstić information content (AvgIpc) is 3.10. The molecule has 0 spiro atoms. The standard InChI is InChI=1S/C18H6Cl3F3N2O4/c1-3-11(22)10(21)13(24)14(12(3)23)26-17(29)6-7(18(26)30)9(20)5-4(8(6)19)15(27)25(2)16(5)28/h1-2H3. The molecule has 0 unspecified atom stereocenters. The van der Waals surface area contributed by atoms with Crippen LogP contribution in [0.4, 0.5) is 13.2 Å². The van der Waals surface area contributed by atoms with Gasteiger partial charge in [0.2, 0.25) is 0 Å². The first-order valence-electron chi connectivity index (χ1n) is 8.02. The Morgan fingerprint density at radius 3 is 1.47 bits per heavy atom. The Hall–Kier alpha value is -2.62. The Kier molecular flexibility index (Phi) is 4.43. The molecule has 0 aliphatic rings. The molecule has 0 atom stereocenters. The molecular weight excluding hydrogens is 472 g/mol. The molecule has 12 heteroatoms. The molecule has 0 N–H and O–H groups in total. The molecule has 0 radical (unpaired) electrons. The number of fused-ring (bicyclic) bond motifs is 2. The van der Waals surface area contributed by atoms with Gasteiger partial charge >= 0.3 is 0 Å². The lowest BCUT2D eigenvalue weighted by atomic mass is 10.1. The highest BCUT2D eigenvalue weighted by Gasteiger charge is 2.31. The summed E-state index contributed by atoms with van der Waals surface area (Å²) in [4.78, 5) is 50.5. The summed E-state index contributed by atoms with van der Waals surface area (Å²) in [6, 6.07) is 0. The molecule has 30 heavy (non-hydrogen) atoms. The number of rotatable bonds is 1. The molecule has 0 aliphatic carbocycles. The van der Waals surface area contributed by atoms with Crippen molar-refractivity contribution in [2.75, 3.05) is 0 Å². The van der Waals surface area contributed by atoms with Gasteiger partial charge in [-0.25, -0.2) is 17.7 Å². The van der Waals surface area contributed by atoms with Crippen molar-refractivity contribution in [2.24, 2.45) is 7.05 Å². The molecule has 0 saturated heterocycles. The monoisotopic (exact) mass is 476 g/mol. The highest BCUT2D eigenvalue weighted by atomic mass is 35.5. The minimum absolute atomic E-state index is 0.0548. The summed E-state index contributed by atoms with van der Waals surface area (Å²) in [5.41, 5.74) is -6.35. The van der Waals surface area contributed by atoms with E-state index in [-0.39, 0.29) is 4.57 Å². The summed E-state index contributed by atoms with van der Waals surface area (Å²) in [7, 11) is 1.15. The molecule has 0 fully saturated rings. The molecule has 0 bridgehead atoms. The maximum absolute atomic E-state index is 14.7. The van der Waals surface area contributed by atoms with Crippen molar-refractivity contribution in [3.05, 3.63) is 79.5 Å². The fraction of sp³-hybridized carbons (Fsp3) is 0.111. The minimum Gasteiger partial charge on any atom is -0.277 e. The van der Waals surface area contributed by atoms with Crippen molar-refractivity contribution in [1.82, 2.24) is 9.13 Å². The van der Waals surface area contributed by atoms with Crippen molar-refractivity contribution < 1.29 is 13.2 Å².